The molecule has 0 radical (unpaired) electrons. The van der Waals surface area contributed by atoms with Crippen LogP contribution in [0.5, 0.6) is 0 Å². The molecular formula is C16H19N5O2. The number of amides is 2. The summed E-state index contributed by atoms with van der Waals surface area (Å²) in [6.07, 6.45) is 5.35. The van der Waals surface area contributed by atoms with Crippen molar-refractivity contribution in [2.24, 2.45) is 0 Å². The summed E-state index contributed by atoms with van der Waals surface area (Å²) in [7, 11) is 0. The van der Waals surface area contributed by atoms with E-state index in [0.717, 1.165) is 5.82 Å². The molecule has 120 valence electrons. The number of pyridine rings is 1. The third kappa shape index (κ3) is 3.23. The van der Waals surface area contributed by atoms with Crippen LogP contribution in [-0.4, -0.2) is 37.8 Å². The highest BCUT2D eigenvalue weighted by atomic mass is 16.2. The average Bonchev–Trinajstić information content (AvgIpc) is 2.91. The first kappa shape index (κ1) is 15.2. The number of nitrogens with one attached hydrogen (secondary N) is 1. The van der Waals surface area contributed by atoms with Crippen molar-refractivity contribution < 1.29 is 9.59 Å². The second kappa shape index (κ2) is 6.20. The van der Waals surface area contributed by atoms with Crippen molar-refractivity contribution in [2.75, 3.05) is 11.9 Å². The van der Waals surface area contributed by atoms with E-state index >= 15 is 0 Å². The summed E-state index contributed by atoms with van der Waals surface area (Å²) in [4.78, 5) is 34.0. The lowest BCUT2D eigenvalue weighted by atomic mass is 10.2. The molecular weight excluding hydrogens is 294 g/mol. The Kier molecular flexibility index (Phi) is 4.10. The summed E-state index contributed by atoms with van der Waals surface area (Å²) in [5, 5.41) is 2.79. The van der Waals surface area contributed by atoms with Crippen LogP contribution in [0, 0.1) is 0 Å². The van der Waals surface area contributed by atoms with Crippen LogP contribution in [0.3, 0.4) is 0 Å². The SMILES string of the molecule is CC(=O)N1CCn2cc(CC(=O)Nc3cccnc3)nc2C1C. The molecule has 3 heterocycles. The molecule has 1 N–H and O–H groups in total. The number of hydrogen-bond donors (Lipinski definition) is 1. The Morgan fingerprint density at radius 1 is 1.39 bits per heavy atom. The van der Waals surface area contributed by atoms with Gasteiger partial charge >= 0.3 is 0 Å². The van der Waals surface area contributed by atoms with Crippen molar-refractivity contribution in [3.63, 3.8) is 0 Å². The number of anilines is 1. The predicted molar refractivity (Wildman–Crippen MR) is 84.6 cm³/mol. The van der Waals surface area contributed by atoms with E-state index in [9.17, 15) is 9.59 Å². The van der Waals surface area contributed by atoms with Gasteiger partial charge in [-0.2, -0.15) is 0 Å². The van der Waals surface area contributed by atoms with Gasteiger partial charge in [-0.3, -0.25) is 14.6 Å². The molecule has 7 nitrogen and oxygen atoms in total. The van der Waals surface area contributed by atoms with Gasteiger partial charge in [-0.05, 0) is 19.1 Å². The van der Waals surface area contributed by atoms with Gasteiger partial charge in [0.2, 0.25) is 11.8 Å². The lowest BCUT2D eigenvalue weighted by molar-refractivity contribution is -0.132. The molecule has 0 saturated heterocycles. The van der Waals surface area contributed by atoms with Crippen molar-refractivity contribution in [3.05, 3.63) is 42.2 Å². The summed E-state index contributed by atoms with van der Waals surface area (Å²) in [5.74, 6) is 0.739. The summed E-state index contributed by atoms with van der Waals surface area (Å²) in [5.41, 5.74) is 1.37. The van der Waals surface area contributed by atoms with Gasteiger partial charge in [-0.1, -0.05) is 0 Å². The van der Waals surface area contributed by atoms with E-state index in [1.807, 2.05) is 17.7 Å². The molecule has 3 rings (SSSR count). The van der Waals surface area contributed by atoms with E-state index in [0.29, 0.717) is 24.5 Å². The van der Waals surface area contributed by atoms with Gasteiger partial charge in [0.05, 0.1) is 30.0 Å². The second-order valence-electron chi connectivity index (χ2n) is 5.64. The number of aromatic nitrogens is 3. The molecule has 1 atom stereocenters. The predicted octanol–water partition coefficient (Wildman–Crippen LogP) is 1.38. The number of carbonyl (C=O) groups excluding carboxylic acids is 2. The Morgan fingerprint density at radius 2 is 2.22 bits per heavy atom. The number of fused-ring (bicyclic) bond motifs is 1. The molecule has 0 fully saturated rings. The number of hydrogen-bond acceptors (Lipinski definition) is 4. The van der Waals surface area contributed by atoms with Crippen molar-refractivity contribution in [3.8, 4) is 0 Å². The molecule has 1 aliphatic rings. The van der Waals surface area contributed by atoms with E-state index in [2.05, 4.69) is 15.3 Å². The van der Waals surface area contributed by atoms with Gasteiger partial charge in [0.1, 0.15) is 5.82 Å². The summed E-state index contributed by atoms with van der Waals surface area (Å²) < 4.78 is 2.02. The fourth-order valence-corrected chi connectivity index (χ4v) is 2.87. The first-order valence-corrected chi connectivity index (χ1v) is 7.57. The van der Waals surface area contributed by atoms with E-state index in [1.165, 1.54) is 0 Å². The zero-order chi connectivity index (χ0) is 16.4. The number of imidazole rings is 1. The Balaban J connectivity index is 1.70. The van der Waals surface area contributed by atoms with Gasteiger partial charge in [-0.25, -0.2) is 4.98 Å². The van der Waals surface area contributed by atoms with Crippen LogP contribution in [0.2, 0.25) is 0 Å². The summed E-state index contributed by atoms with van der Waals surface area (Å²) in [6, 6.07) is 3.48. The maximum Gasteiger partial charge on any atom is 0.230 e. The molecule has 0 spiro atoms. The van der Waals surface area contributed by atoms with Gasteiger partial charge < -0.3 is 14.8 Å². The number of carbonyl (C=O) groups is 2. The summed E-state index contributed by atoms with van der Waals surface area (Å²) >= 11 is 0. The van der Waals surface area contributed by atoms with Crippen LogP contribution in [0.1, 0.15) is 31.4 Å². The Morgan fingerprint density at radius 3 is 2.91 bits per heavy atom. The van der Waals surface area contributed by atoms with Crippen LogP contribution in [0.15, 0.2) is 30.7 Å². The lowest BCUT2D eigenvalue weighted by Gasteiger charge is -2.32. The van der Waals surface area contributed by atoms with Gasteiger partial charge in [0, 0.05) is 32.4 Å². The minimum atomic E-state index is -0.135. The Labute approximate surface area is 134 Å². The highest BCUT2D eigenvalue weighted by Gasteiger charge is 2.27. The second-order valence-corrected chi connectivity index (χ2v) is 5.64. The monoisotopic (exact) mass is 313 g/mol. The van der Waals surface area contributed by atoms with Crippen LogP contribution < -0.4 is 5.32 Å². The van der Waals surface area contributed by atoms with Crippen LogP contribution in [0.25, 0.3) is 0 Å². The molecule has 1 aliphatic heterocycles. The topological polar surface area (TPSA) is 80.1 Å². The average molecular weight is 313 g/mol. The smallest absolute Gasteiger partial charge is 0.230 e. The minimum Gasteiger partial charge on any atom is -0.331 e. The molecule has 0 bridgehead atoms. The van der Waals surface area contributed by atoms with Gasteiger partial charge in [0.25, 0.3) is 0 Å². The molecule has 1 unspecified atom stereocenters. The maximum atomic E-state index is 12.1. The van der Waals surface area contributed by atoms with E-state index in [-0.39, 0.29) is 24.3 Å². The fourth-order valence-electron chi connectivity index (χ4n) is 2.87. The van der Waals surface area contributed by atoms with Crippen LogP contribution >= 0.6 is 0 Å². The van der Waals surface area contributed by atoms with E-state index in [4.69, 9.17) is 0 Å². The molecule has 23 heavy (non-hydrogen) atoms. The lowest BCUT2D eigenvalue weighted by Crippen LogP contribution is -2.39. The molecule has 7 heteroatoms. The quantitative estimate of drug-likeness (QED) is 0.928. The third-order valence-corrected chi connectivity index (χ3v) is 3.97. The Hall–Kier alpha value is -2.70. The minimum absolute atomic E-state index is 0.0441. The highest BCUT2D eigenvalue weighted by molar-refractivity contribution is 5.91. The molecule has 0 aromatic carbocycles. The van der Waals surface area contributed by atoms with Crippen LogP contribution in [0.4, 0.5) is 5.69 Å². The largest absolute Gasteiger partial charge is 0.331 e. The van der Waals surface area contributed by atoms with Crippen LogP contribution in [-0.2, 0) is 22.6 Å². The number of rotatable bonds is 3. The first-order chi connectivity index (χ1) is 11.0. The normalized spacial score (nSPS) is 16.8. The zero-order valence-corrected chi connectivity index (χ0v) is 13.2. The van der Waals surface area contributed by atoms with Crippen molar-refractivity contribution in [1.29, 1.82) is 0 Å². The molecule has 2 amide bonds. The molecule has 0 saturated carbocycles. The standard InChI is InChI=1S/C16H19N5O2/c1-11-16-19-14(10-20(16)6-7-21(11)12(2)22)8-15(23)18-13-4-3-5-17-9-13/h3-5,9-11H,6-8H2,1-2H3,(H,18,23). The van der Waals surface area contributed by atoms with Crippen molar-refractivity contribution in [2.45, 2.75) is 32.9 Å². The fraction of sp³-hybridized carbons (Fsp3) is 0.375. The number of nitrogens with zero attached hydrogens (tertiary/aromatic N) is 4. The first-order valence-electron chi connectivity index (χ1n) is 7.57. The van der Waals surface area contributed by atoms with E-state index in [1.54, 1.807) is 36.4 Å². The maximum absolute atomic E-state index is 12.1. The van der Waals surface area contributed by atoms with Gasteiger partial charge in [0.15, 0.2) is 0 Å². The highest BCUT2D eigenvalue weighted by Crippen LogP contribution is 2.24. The summed E-state index contributed by atoms with van der Waals surface area (Å²) in [6.45, 7) is 4.90. The third-order valence-electron chi connectivity index (χ3n) is 3.97. The molecule has 2 aromatic heterocycles. The Bertz CT molecular complexity index is 725. The molecule has 0 aliphatic carbocycles. The van der Waals surface area contributed by atoms with Gasteiger partial charge in [-0.15, -0.1) is 0 Å². The van der Waals surface area contributed by atoms with Crippen molar-refractivity contribution >= 4 is 17.5 Å². The molecule has 2 aromatic rings. The van der Waals surface area contributed by atoms with Crippen molar-refractivity contribution in [1.82, 2.24) is 19.4 Å². The zero-order valence-electron chi connectivity index (χ0n) is 13.2. The van der Waals surface area contributed by atoms with E-state index < -0.39 is 0 Å².